The van der Waals surface area contributed by atoms with Crippen molar-refractivity contribution in [1.29, 1.82) is 0 Å². The minimum absolute atomic E-state index is 0.160. The predicted octanol–water partition coefficient (Wildman–Crippen LogP) is 3.21. The molecule has 28 heavy (non-hydrogen) atoms. The third-order valence-corrected chi connectivity index (χ3v) is 4.65. The van der Waals surface area contributed by atoms with Crippen molar-refractivity contribution in [2.75, 3.05) is 0 Å². The summed E-state index contributed by atoms with van der Waals surface area (Å²) in [5, 5.41) is 8.76. The van der Waals surface area contributed by atoms with Crippen molar-refractivity contribution in [2.24, 2.45) is 0 Å². The van der Waals surface area contributed by atoms with Gasteiger partial charge in [-0.15, -0.1) is 0 Å². The van der Waals surface area contributed by atoms with Gasteiger partial charge < -0.3 is 9.72 Å². The van der Waals surface area contributed by atoms with E-state index in [4.69, 9.17) is 11.6 Å². The molecule has 0 radical (unpaired) electrons. The Morgan fingerprint density at radius 3 is 2.64 bits per heavy atom. The van der Waals surface area contributed by atoms with Gasteiger partial charge in [0.05, 0.1) is 28.7 Å². The van der Waals surface area contributed by atoms with E-state index in [1.807, 2.05) is 20.0 Å². The van der Waals surface area contributed by atoms with Crippen molar-refractivity contribution in [3.63, 3.8) is 0 Å². The van der Waals surface area contributed by atoms with Crippen LogP contribution in [-0.2, 0) is 6.54 Å². The van der Waals surface area contributed by atoms with Crippen LogP contribution >= 0.6 is 11.6 Å². The maximum absolute atomic E-state index is 12.8. The fourth-order valence-corrected chi connectivity index (χ4v) is 3.25. The van der Waals surface area contributed by atoms with Crippen molar-refractivity contribution >= 4 is 33.9 Å². The second kappa shape index (κ2) is 7.09. The minimum Gasteiger partial charge on any atom is -0.345 e. The zero-order valence-corrected chi connectivity index (χ0v) is 16.1. The Bertz CT molecular complexity index is 1260. The molecule has 3 aromatic heterocycles. The second-order valence-corrected chi connectivity index (χ2v) is 7.20. The van der Waals surface area contributed by atoms with Crippen LogP contribution in [0.2, 0.25) is 5.02 Å². The first kappa shape index (κ1) is 18.2. The fraction of sp³-hybridized carbons (Fsp3) is 0.200. The molecule has 0 aliphatic heterocycles. The number of nitrogens with zero attached hydrogens (tertiary/aromatic N) is 4. The van der Waals surface area contributed by atoms with Crippen LogP contribution in [0.4, 0.5) is 0 Å². The van der Waals surface area contributed by atoms with Crippen LogP contribution in [0.5, 0.6) is 0 Å². The topological polar surface area (TPSA) is 81.3 Å². The Morgan fingerprint density at radius 1 is 1.14 bits per heavy atom. The summed E-state index contributed by atoms with van der Waals surface area (Å²) in [6.07, 6.45) is 3.56. The second-order valence-electron chi connectivity index (χ2n) is 6.77. The Labute approximate surface area is 165 Å². The lowest BCUT2D eigenvalue weighted by atomic mass is 10.1. The highest BCUT2D eigenvalue weighted by molar-refractivity contribution is 6.30. The van der Waals surface area contributed by atoms with Crippen LogP contribution in [0, 0.1) is 0 Å². The number of halogens is 1. The maximum atomic E-state index is 12.8. The van der Waals surface area contributed by atoms with Gasteiger partial charge in [-0.2, -0.15) is 5.10 Å². The Kier molecular flexibility index (Phi) is 4.60. The molecule has 1 N–H and O–H groups in total. The Morgan fingerprint density at radius 2 is 1.89 bits per heavy atom. The number of fused-ring (bicyclic) bond motifs is 2. The summed E-state index contributed by atoms with van der Waals surface area (Å²) in [7, 11) is 0. The van der Waals surface area contributed by atoms with E-state index in [2.05, 4.69) is 15.4 Å². The van der Waals surface area contributed by atoms with Crippen molar-refractivity contribution < 1.29 is 4.79 Å². The first-order valence-corrected chi connectivity index (χ1v) is 9.25. The Hall–Kier alpha value is -3.19. The number of nitrogens with one attached hydrogen (secondary N) is 1. The number of hydrogen-bond donors (Lipinski definition) is 1. The predicted molar refractivity (Wildman–Crippen MR) is 108 cm³/mol. The smallest absolute Gasteiger partial charge is 0.274 e. The normalized spacial score (nSPS) is 11.4. The molecule has 8 heteroatoms. The van der Waals surface area contributed by atoms with Crippen molar-refractivity contribution in [3.05, 3.63) is 75.6 Å². The number of carbonyl (C=O) groups is 1. The van der Waals surface area contributed by atoms with Gasteiger partial charge in [-0.3, -0.25) is 9.59 Å². The van der Waals surface area contributed by atoms with E-state index in [9.17, 15) is 9.59 Å². The third kappa shape index (κ3) is 3.25. The molecule has 0 unspecified atom stereocenters. The van der Waals surface area contributed by atoms with Gasteiger partial charge in [0, 0.05) is 17.8 Å². The molecule has 0 aliphatic carbocycles. The van der Waals surface area contributed by atoms with Gasteiger partial charge in [0.15, 0.2) is 5.69 Å². The zero-order chi connectivity index (χ0) is 19.8. The monoisotopic (exact) mass is 395 g/mol. The van der Waals surface area contributed by atoms with E-state index >= 15 is 0 Å². The van der Waals surface area contributed by atoms with Crippen molar-refractivity contribution in [2.45, 2.75) is 26.4 Å². The number of benzene rings is 1. The number of imidazole rings is 1. The molecule has 4 rings (SSSR count). The first-order chi connectivity index (χ1) is 13.4. The SMILES string of the molecule is CC(C)n1nc(C(=O)NCc2cn3cc(Cl)ccc3n2)c2ccccc2c1=O. The van der Waals surface area contributed by atoms with Gasteiger partial charge in [0.1, 0.15) is 5.65 Å². The minimum atomic E-state index is -0.360. The molecule has 0 saturated carbocycles. The third-order valence-electron chi connectivity index (χ3n) is 4.43. The number of rotatable bonds is 4. The van der Waals surface area contributed by atoms with Crippen LogP contribution in [0.1, 0.15) is 36.1 Å². The van der Waals surface area contributed by atoms with E-state index in [1.165, 1.54) is 4.68 Å². The van der Waals surface area contributed by atoms with Gasteiger partial charge in [0.2, 0.25) is 0 Å². The lowest BCUT2D eigenvalue weighted by Gasteiger charge is -2.13. The molecule has 0 bridgehead atoms. The molecule has 1 aromatic carbocycles. The van der Waals surface area contributed by atoms with E-state index in [0.717, 1.165) is 5.65 Å². The number of pyridine rings is 1. The molecule has 0 fully saturated rings. The van der Waals surface area contributed by atoms with Gasteiger partial charge >= 0.3 is 0 Å². The molecular weight excluding hydrogens is 378 g/mol. The Balaban J connectivity index is 1.66. The van der Waals surface area contributed by atoms with Crippen LogP contribution in [0.3, 0.4) is 0 Å². The molecule has 0 aliphatic rings. The van der Waals surface area contributed by atoms with E-state index in [0.29, 0.717) is 21.5 Å². The molecule has 4 aromatic rings. The van der Waals surface area contributed by atoms with Crippen LogP contribution < -0.4 is 10.9 Å². The van der Waals surface area contributed by atoms with Crippen molar-refractivity contribution in [1.82, 2.24) is 24.5 Å². The molecular formula is C20H18ClN5O2. The molecule has 1 amide bonds. The molecule has 3 heterocycles. The van der Waals surface area contributed by atoms with E-state index in [1.54, 1.807) is 47.0 Å². The molecule has 7 nitrogen and oxygen atoms in total. The number of carbonyl (C=O) groups excluding carboxylic acids is 1. The van der Waals surface area contributed by atoms with Crippen LogP contribution in [0.25, 0.3) is 16.4 Å². The summed E-state index contributed by atoms with van der Waals surface area (Å²) in [6, 6.07) is 10.4. The maximum Gasteiger partial charge on any atom is 0.274 e. The summed E-state index contributed by atoms with van der Waals surface area (Å²) < 4.78 is 3.14. The highest BCUT2D eigenvalue weighted by Gasteiger charge is 2.18. The standard InChI is InChI=1S/C20H18ClN5O2/c1-12(2)26-20(28)16-6-4-3-5-15(16)18(24-26)19(27)22-9-14-11-25-10-13(21)7-8-17(25)23-14/h3-8,10-12H,9H2,1-2H3,(H,22,27). The average Bonchev–Trinajstić information content (AvgIpc) is 3.08. The summed E-state index contributed by atoms with van der Waals surface area (Å²) in [4.78, 5) is 29.9. The summed E-state index contributed by atoms with van der Waals surface area (Å²) in [5.74, 6) is -0.360. The molecule has 142 valence electrons. The van der Waals surface area contributed by atoms with E-state index in [-0.39, 0.29) is 29.7 Å². The highest BCUT2D eigenvalue weighted by Crippen LogP contribution is 2.15. The van der Waals surface area contributed by atoms with E-state index < -0.39 is 0 Å². The largest absolute Gasteiger partial charge is 0.345 e. The highest BCUT2D eigenvalue weighted by atomic mass is 35.5. The van der Waals surface area contributed by atoms with Crippen LogP contribution in [-0.4, -0.2) is 25.1 Å². The molecule has 0 spiro atoms. The van der Waals surface area contributed by atoms with Crippen LogP contribution in [0.15, 0.2) is 53.6 Å². The number of aromatic nitrogens is 4. The average molecular weight is 396 g/mol. The lowest BCUT2D eigenvalue weighted by Crippen LogP contribution is -2.31. The molecule has 0 atom stereocenters. The number of amides is 1. The quantitative estimate of drug-likeness (QED) is 0.575. The van der Waals surface area contributed by atoms with Gasteiger partial charge in [-0.1, -0.05) is 29.8 Å². The summed E-state index contributed by atoms with van der Waals surface area (Å²) in [6.45, 7) is 3.94. The fourth-order valence-electron chi connectivity index (χ4n) is 3.08. The van der Waals surface area contributed by atoms with Crippen molar-refractivity contribution in [3.8, 4) is 0 Å². The van der Waals surface area contributed by atoms with Gasteiger partial charge in [0.25, 0.3) is 11.5 Å². The lowest BCUT2D eigenvalue weighted by molar-refractivity contribution is 0.0944. The summed E-state index contributed by atoms with van der Waals surface area (Å²) >= 11 is 5.99. The first-order valence-electron chi connectivity index (χ1n) is 8.87. The zero-order valence-electron chi connectivity index (χ0n) is 15.4. The van der Waals surface area contributed by atoms with Gasteiger partial charge in [-0.25, -0.2) is 9.67 Å². The number of hydrogen-bond acceptors (Lipinski definition) is 4. The van der Waals surface area contributed by atoms with Gasteiger partial charge in [-0.05, 0) is 32.0 Å². The molecule has 0 saturated heterocycles. The summed E-state index contributed by atoms with van der Waals surface area (Å²) in [5.41, 5.74) is 1.44.